The van der Waals surface area contributed by atoms with Gasteiger partial charge in [0.1, 0.15) is 5.76 Å². The maximum Gasteiger partial charge on any atom is 0.334 e. The Morgan fingerprint density at radius 1 is 1.07 bits per heavy atom. The summed E-state index contributed by atoms with van der Waals surface area (Å²) in [6.45, 7) is 3.06. The van der Waals surface area contributed by atoms with Gasteiger partial charge < -0.3 is 9.47 Å². The molecule has 8 heteroatoms. The quantitative estimate of drug-likeness (QED) is 0.502. The molecule has 0 N–H and O–H groups in total. The molecule has 0 unspecified atom stereocenters. The predicted molar refractivity (Wildman–Crippen MR) is 36.4 cm³/mol. The van der Waals surface area contributed by atoms with Crippen molar-refractivity contribution in [1.82, 2.24) is 0 Å². The molecule has 0 amide bonds. The zero-order chi connectivity index (χ0) is 11.3. The van der Waals surface area contributed by atoms with E-state index in [1.807, 2.05) is 0 Å². The van der Waals surface area contributed by atoms with E-state index in [9.17, 15) is 22.0 Å². The van der Waals surface area contributed by atoms with E-state index in [1.165, 1.54) is 6.92 Å². The Morgan fingerprint density at radius 3 is 1.53 bits per heavy atom. The fourth-order valence-corrected chi connectivity index (χ4v) is 0.475. The molecule has 0 saturated heterocycles. The summed E-state index contributed by atoms with van der Waals surface area (Å²) in [6, 6.07) is -0.637. The summed E-state index contributed by atoms with van der Waals surface area (Å²) < 4.78 is 62.3. The van der Waals surface area contributed by atoms with Gasteiger partial charge in [0.15, 0.2) is 0 Å². The van der Waals surface area contributed by atoms with Gasteiger partial charge in [-0.05, 0) is 6.92 Å². The number of ether oxygens (including phenoxy) is 2. The van der Waals surface area contributed by atoms with Crippen LogP contribution in [0.3, 0.4) is 0 Å². The molecule has 0 atom stereocenters. The van der Waals surface area contributed by atoms with Crippen molar-refractivity contribution >= 4 is 0 Å². The van der Waals surface area contributed by atoms with E-state index in [0.717, 1.165) is 0 Å². The molecule has 0 aliphatic carbocycles. The predicted octanol–water partition coefficient (Wildman–Crippen LogP) is 3.69. The normalized spacial score (nSPS) is 14.3. The molecule has 1 heterocycles. The number of hydrogen-bond donors (Lipinski definition) is 0. The van der Waals surface area contributed by atoms with Crippen LogP contribution in [0.2, 0.25) is 0 Å². The van der Waals surface area contributed by atoms with E-state index in [0.29, 0.717) is 0 Å². The maximum atomic E-state index is 12.1. The molecular weight excluding hydrogens is 300 g/mol. The minimum absolute atomic E-state index is 0. The van der Waals surface area contributed by atoms with Gasteiger partial charge in [-0.15, -0.1) is 6.92 Å². The molecule has 0 bridgehead atoms. The van der Waals surface area contributed by atoms with E-state index in [-0.39, 0.29) is 44.8 Å². The van der Waals surface area contributed by atoms with Crippen molar-refractivity contribution in [2.45, 2.75) is 13.8 Å². The second-order valence-corrected chi connectivity index (χ2v) is 2.05. The smallest absolute Gasteiger partial charge is 0.334 e. The first-order chi connectivity index (χ1) is 6.34. The summed E-state index contributed by atoms with van der Waals surface area (Å²) in [5, 5.41) is 0. The van der Waals surface area contributed by atoms with Gasteiger partial charge in [-0.2, -0.15) is 22.0 Å². The third-order valence-corrected chi connectivity index (χ3v) is 0.950. The molecule has 0 spiro atoms. The van der Waals surface area contributed by atoms with Crippen molar-refractivity contribution in [3.8, 4) is 0 Å². The number of rotatable bonds is 0. The standard InChI is InChI=1S/C5H6FO2.C2F4.Y/c1-3-5(6)8-4(2)7-3;3-1(4)2(5)6;/h1-2H3;;/q-1;;. The molecule has 0 saturated carbocycles. The Bertz CT molecular complexity index is 234. The van der Waals surface area contributed by atoms with Crippen LogP contribution in [0.4, 0.5) is 22.0 Å². The summed E-state index contributed by atoms with van der Waals surface area (Å²) >= 11 is 0. The molecular formula is C7H6F5O2Y-. The van der Waals surface area contributed by atoms with Gasteiger partial charge in [-0.25, -0.2) is 0 Å². The first-order valence-corrected chi connectivity index (χ1v) is 3.26. The van der Waals surface area contributed by atoms with E-state index < -0.39 is 18.2 Å². The zero-order valence-corrected chi connectivity index (χ0v) is 10.6. The van der Waals surface area contributed by atoms with Gasteiger partial charge in [0, 0.05) is 39.0 Å². The summed E-state index contributed by atoms with van der Waals surface area (Å²) in [4.78, 5) is 0. The Balaban J connectivity index is 0. The van der Waals surface area contributed by atoms with Crippen molar-refractivity contribution in [3.63, 3.8) is 0 Å². The number of halogens is 5. The molecule has 0 aromatic rings. The van der Waals surface area contributed by atoms with Crippen LogP contribution in [-0.4, -0.2) is 0 Å². The third-order valence-electron chi connectivity index (χ3n) is 0.950. The van der Waals surface area contributed by atoms with Crippen LogP contribution in [0.5, 0.6) is 0 Å². The first kappa shape index (κ1) is 17.2. The van der Waals surface area contributed by atoms with Crippen LogP contribution in [-0.2, 0) is 42.2 Å². The van der Waals surface area contributed by atoms with Crippen molar-refractivity contribution in [3.05, 3.63) is 30.2 Å². The van der Waals surface area contributed by atoms with Crippen molar-refractivity contribution in [2.24, 2.45) is 0 Å². The molecule has 85 valence electrons. The average molecular weight is 306 g/mol. The van der Waals surface area contributed by atoms with E-state index in [1.54, 1.807) is 6.92 Å². The molecule has 0 aromatic heterocycles. The largest absolute Gasteiger partial charge is 0.619 e. The Kier molecular flexibility index (Phi) is 9.24. The first-order valence-electron chi connectivity index (χ1n) is 3.26. The number of hydrogen-bond acceptors (Lipinski definition) is 2. The Morgan fingerprint density at radius 2 is 1.47 bits per heavy atom. The fourth-order valence-electron chi connectivity index (χ4n) is 0.475. The van der Waals surface area contributed by atoms with Gasteiger partial charge in [0.05, 0.1) is 0 Å². The van der Waals surface area contributed by atoms with E-state index in [2.05, 4.69) is 9.47 Å². The monoisotopic (exact) mass is 306 g/mol. The van der Waals surface area contributed by atoms with Gasteiger partial charge in [0.25, 0.3) is 6.01 Å². The van der Waals surface area contributed by atoms with Crippen LogP contribution in [0.1, 0.15) is 13.8 Å². The molecule has 15 heavy (non-hydrogen) atoms. The molecule has 1 aliphatic heterocycles. The third kappa shape index (κ3) is 7.73. The van der Waals surface area contributed by atoms with Gasteiger partial charge in [0.2, 0.25) is 0 Å². The molecule has 0 fully saturated rings. The molecule has 1 rings (SSSR count). The zero-order valence-electron chi connectivity index (χ0n) is 7.78. The van der Waals surface area contributed by atoms with Crippen LogP contribution < -0.4 is 0 Å². The Hall–Kier alpha value is -0.166. The second kappa shape index (κ2) is 8.04. The molecule has 1 radical (unpaired) electrons. The average Bonchev–Trinajstić information content (AvgIpc) is 2.30. The fraction of sp³-hybridized carbons (Fsp3) is 0.286. The van der Waals surface area contributed by atoms with Gasteiger partial charge in [-0.1, -0.05) is 0 Å². The van der Waals surface area contributed by atoms with Crippen LogP contribution in [0.15, 0.2) is 23.9 Å². The molecule has 2 nitrogen and oxygen atoms in total. The van der Waals surface area contributed by atoms with Crippen molar-refractivity contribution in [2.75, 3.05) is 0 Å². The van der Waals surface area contributed by atoms with Crippen LogP contribution >= 0.6 is 0 Å². The SMILES string of the molecule is CC1=C(F)O[C-](C)O1.FC(F)=C(F)F.[Y]. The van der Waals surface area contributed by atoms with E-state index in [4.69, 9.17) is 0 Å². The molecule has 1 aliphatic rings. The van der Waals surface area contributed by atoms with Gasteiger partial charge in [-0.3, -0.25) is 0 Å². The summed E-state index contributed by atoms with van der Waals surface area (Å²) in [7, 11) is 0. The van der Waals surface area contributed by atoms with Gasteiger partial charge >= 0.3 is 12.2 Å². The van der Waals surface area contributed by atoms with Crippen LogP contribution in [0.25, 0.3) is 0 Å². The summed E-state index contributed by atoms with van der Waals surface area (Å²) in [6.07, 6.45) is -5.56. The maximum absolute atomic E-state index is 12.1. The van der Waals surface area contributed by atoms with Crippen molar-refractivity contribution in [1.29, 1.82) is 0 Å². The summed E-state index contributed by atoms with van der Waals surface area (Å²) in [5.74, 6) is 0.197. The Labute approximate surface area is 108 Å². The molecule has 0 aromatic carbocycles. The van der Waals surface area contributed by atoms with Crippen molar-refractivity contribution < 1.29 is 64.1 Å². The number of allylic oxidation sites excluding steroid dienone is 1. The van der Waals surface area contributed by atoms with E-state index >= 15 is 0 Å². The summed E-state index contributed by atoms with van der Waals surface area (Å²) in [5.41, 5.74) is 0. The minimum Gasteiger partial charge on any atom is -0.619 e. The van der Waals surface area contributed by atoms with Crippen LogP contribution in [0, 0.1) is 6.29 Å². The second-order valence-electron chi connectivity index (χ2n) is 2.05. The topological polar surface area (TPSA) is 18.5 Å². The minimum atomic E-state index is -2.91.